The van der Waals surface area contributed by atoms with Crippen LogP contribution in [0, 0.1) is 11.8 Å². The third-order valence-corrected chi connectivity index (χ3v) is 3.45. The third-order valence-electron chi connectivity index (χ3n) is 3.45. The van der Waals surface area contributed by atoms with Crippen molar-refractivity contribution in [3.8, 4) is 0 Å². The van der Waals surface area contributed by atoms with E-state index in [-0.39, 0.29) is 48.6 Å². The molecule has 2 fully saturated rings. The third kappa shape index (κ3) is 2.63. The molecule has 1 saturated heterocycles. The minimum absolute atomic E-state index is 0.0267. The second kappa shape index (κ2) is 4.96. The number of rotatable bonds is 3. The molecular formula is C12H16O6. The molecule has 18 heavy (non-hydrogen) atoms. The van der Waals surface area contributed by atoms with Crippen molar-refractivity contribution in [2.45, 2.75) is 38.9 Å². The van der Waals surface area contributed by atoms with E-state index in [1.807, 2.05) is 0 Å². The van der Waals surface area contributed by atoms with E-state index in [4.69, 9.17) is 14.2 Å². The monoisotopic (exact) mass is 256 g/mol. The summed E-state index contributed by atoms with van der Waals surface area (Å²) in [7, 11) is 0. The van der Waals surface area contributed by atoms with Crippen LogP contribution in [0.2, 0.25) is 0 Å². The maximum absolute atomic E-state index is 11.2. The van der Waals surface area contributed by atoms with Crippen molar-refractivity contribution in [3.05, 3.63) is 0 Å². The first-order valence-corrected chi connectivity index (χ1v) is 5.97. The van der Waals surface area contributed by atoms with Crippen molar-refractivity contribution in [2.24, 2.45) is 11.8 Å². The number of hydrogen-bond acceptors (Lipinski definition) is 6. The predicted molar refractivity (Wildman–Crippen MR) is 58.3 cm³/mol. The minimum Gasteiger partial charge on any atom is -0.465 e. The lowest BCUT2D eigenvalue weighted by molar-refractivity contribution is -0.152. The highest BCUT2D eigenvalue weighted by atomic mass is 16.6. The van der Waals surface area contributed by atoms with Gasteiger partial charge in [-0.3, -0.25) is 14.4 Å². The van der Waals surface area contributed by atoms with Gasteiger partial charge in [-0.25, -0.2) is 0 Å². The van der Waals surface area contributed by atoms with Crippen LogP contribution in [-0.2, 0) is 28.6 Å². The SMILES string of the molecule is CC(=O)OC[C@H]1[C@H]2CC(=O)O[C@@H]2C[C@H]1OC(C)=O. The smallest absolute Gasteiger partial charge is 0.306 e. The largest absolute Gasteiger partial charge is 0.465 e. The fourth-order valence-corrected chi connectivity index (χ4v) is 2.75. The van der Waals surface area contributed by atoms with Gasteiger partial charge in [-0.1, -0.05) is 0 Å². The van der Waals surface area contributed by atoms with Crippen LogP contribution >= 0.6 is 0 Å². The quantitative estimate of drug-likeness (QED) is 0.538. The Balaban J connectivity index is 2.04. The average molecular weight is 256 g/mol. The molecule has 1 aliphatic carbocycles. The van der Waals surface area contributed by atoms with Gasteiger partial charge < -0.3 is 14.2 Å². The molecule has 0 radical (unpaired) electrons. The maximum atomic E-state index is 11.2. The van der Waals surface area contributed by atoms with Crippen LogP contribution in [0.15, 0.2) is 0 Å². The lowest BCUT2D eigenvalue weighted by Crippen LogP contribution is -2.29. The molecule has 0 bridgehead atoms. The summed E-state index contributed by atoms with van der Waals surface area (Å²) in [6.45, 7) is 2.82. The fraction of sp³-hybridized carbons (Fsp3) is 0.750. The number of fused-ring (bicyclic) bond motifs is 1. The highest BCUT2D eigenvalue weighted by Crippen LogP contribution is 2.42. The van der Waals surface area contributed by atoms with E-state index >= 15 is 0 Å². The van der Waals surface area contributed by atoms with Crippen LogP contribution in [0.4, 0.5) is 0 Å². The molecular weight excluding hydrogens is 240 g/mol. The van der Waals surface area contributed by atoms with E-state index in [1.54, 1.807) is 0 Å². The molecule has 4 atom stereocenters. The summed E-state index contributed by atoms with van der Waals surface area (Å²) in [5.74, 6) is -1.18. The minimum atomic E-state index is -0.384. The zero-order chi connectivity index (χ0) is 13.3. The summed E-state index contributed by atoms with van der Waals surface area (Å²) < 4.78 is 15.4. The zero-order valence-corrected chi connectivity index (χ0v) is 10.4. The van der Waals surface area contributed by atoms with E-state index in [0.29, 0.717) is 12.8 Å². The van der Waals surface area contributed by atoms with Gasteiger partial charge in [0.15, 0.2) is 0 Å². The van der Waals surface area contributed by atoms with Gasteiger partial charge in [-0.15, -0.1) is 0 Å². The molecule has 2 aliphatic rings. The van der Waals surface area contributed by atoms with Gasteiger partial charge >= 0.3 is 17.9 Å². The Morgan fingerprint density at radius 2 is 2.06 bits per heavy atom. The molecule has 2 rings (SSSR count). The maximum Gasteiger partial charge on any atom is 0.306 e. The van der Waals surface area contributed by atoms with Gasteiger partial charge in [-0.2, -0.15) is 0 Å². The van der Waals surface area contributed by atoms with E-state index in [2.05, 4.69) is 0 Å². The van der Waals surface area contributed by atoms with Crippen molar-refractivity contribution in [3.63, 3.8) is 0 Å². The number of hydrogen-bond donors (Lipinski definition) is 0. The summed E-state index contributed by atoms with van der Waals surface area (Å²) in [4.78, 5) is 33.1. The first kappa shape index (κ1) is 12.9. The Kier molecular flexibility index (Phi) is 3.54. The van der Waals surface area contributed by atoms with Crippen molar-refractivity contribution in [1.82, 2.24) is 0 Å². The summed E-state index contributed by atoms with van der Waals surface area (Å²) in [5, 5.41) is 0. The number of esters is 3. The zero-order valence-electron chi connectivity index (χ0n) is 10.4. The lowest BCUT2D eigenvalue weighted by atomic mass is 9.93. The Bertz CT molecular complexity index is 377. The van der Waals surface area contributed by atoms with Crippen LogP contribution < -0.4 is 0 Å². The molecule has 6 nitrogen and oxygen atoms in total. The molecule has 0 unspecified atom stereocenters. The first-order valence-electron chi connectivity index (χ1n) is 5.97. The summed E-state index contributed by atoms with van der Waals surface area (Å²) in [6, 6.07) is 0. The first-order chi connectivity index (χ1) is 8.47. The van der Waals surface area contributed by atoms with E-state index in [1.165, 1.54) is 13.8 Å². The molecule has 0 N–H and O–H groups in total. The molecule has 0 aromatic rings. The second-order valence-corrected chi connectivity index (χ2v) is 4.75. The molecule has 1 heterocycles. The molecule has 6 heteroatoms. The van der Waals surface area contributed by atoms with E-state index in [9.17, 15) is 14.4 Å². The Morgan fingerprint density at radius 1 is 1.33 bits per heavy atom. The summed E-state index contributed by atoms with van der Waals surface area (Å²) in [6.07, 6.45) is 0.225. The highest BCUT2D eigenvalue weighted by molar-refractivity contribution is 5.72. The van der Waals surface area contributed by atoms with Gasteiger partial charge in [0.25, 0.3) is 0 Å². The predicted octanol–water partition coefficient (Wildman–Crippen LogP) is 0.433. The van der Waals surface area contributed by atoms with Gasteiger partial charge in [0.2, 0.25) is 0 Å². The fourth-order valence-electron chi connectivity index (χ4n) is 2.75. The number of carbonyl (C=O) groups excluding carboxylic acids is 3. The van der Waals surface area contributed by atoms with Crippen LogP contribution in [0.3, 0.4) is 0 Å². The Labute approximate surface area is 105 Å². The van der Waals surface area contributed by atoms with Gasteiger partial charge in [0, 0.05) is 32.1 Å². The second-order valence-electron chi connectivity index (χ2n) is 4.75. The van der Waals surface area contributed by atoms with Gasteiger partial charge in [0.1, 0.15) is 12.2 Å². The van der Waals surface area contributed by atoms with Crippen LogP contribution in [0.1, 0.15) is 26.7 Å². The van der Waals surface area contributed by atoms with E-state index in [0.717, 1.165) is 0 Å². The molecule has 0 spiro atoms. The Hall–Kier alpha value is -1.59. The summed E-state index contributed by atoms with van der Waals surface area (Å²) >= 11 is 0. The molecule has 1 saturated carbocycles. The standard InChI is InChI=1S/C12H16O6/c1-6(13)16-5-9-8-3-12(15)18-10(8)4-11(9)17-7(2)14/h8-11H,3-5H2,1-2H3/t8-,9+,10-,11-/m1/s1. The van der Waals surface area contributed by atoms with Crippen molar-refractivity contribution < 1.29 is 28.6 Å². The number of ether oxygens (including phenoxy) is 3. The van der Waals surface area contributed by atoms with Gasteiger partial charge in [0.05, 0.1) is 13.0 Å². The molecule has 1 aliphatic heterocycles. The lowest BCUT2D eigenvalue weighted by Gasteiger charge is -2.21. The molecule has 100 valence electrons. The average Bonchev–Trinajstić information content (AvgIpc) is 2.70. The van der Waals surface area contributed by atoms with Crippen LogP contribution in [0.5, 0.6) is 0 Å². The van der Waals surface area contributed by atoms with Crippen molar-refractivity contribution >= 4 is 17.9 Å². The highest BCUT2D eigenvalue weighted by Gasteiger charge is 2.51. The number of carbonyl (C=O) groups is 3. The molecule has 0 aromatic heterocycles. The van der Waals surface area contributed by atoms with Crippen molar-refractivity contribution in [1.29, 1.82) is 0 Å². The topological polar surface area (TPSA) is 78.9 Å². The van der Waals surface area contributed by atoms with Crippen molar-refractivity contribution in [2.75, 3.05) is 6.61 Å². The summed E-state index contributed by atoms with van der Waals surface area (Å²) in [5.41, 5.74) is 0. The van der Waals surface area contributed by atoms with E-state index < -0.39 is 0 Å². The molecule has 0 amide bonds. The normalized spacial score (nSPS) is 33.8. The van der Waals surface area contributed by atoms with Crippen LogP contribution in [-0.4, -0.2) is 36.7 Å². The van der Waals surface area contributed by atoms with Crippen LogP contribution in [0.25, 0.3) is 0 Å². The Morgan fingerprint density at radius 3 is 2.67 bits per heavy atom. The van der Waals surface area contributed by atoms with Gasteiger partial charge in [-0.05, 0) is 0 Å². The molecule has 0 aromatic carbocycles.